The number of nitrogens with zero attached hydrogens (tertiary/aromatic N) is 1. The van der Waals surface area contributed by atoms with Crippen molar-refractivity contribution in [1.29, 1.82) is 0 Å². The molecule has 0 aliphatic carbocycles. The van der Waals surface area contributed by atoms with Gasteiger partial charge in [-0.2, -0.15) is 4.98 Å². The smallest absolute Gasteiger partial charge is 0.400 e. The number of aromatic nitrogens is 1. The third-order valence-corrected chi connectivity index (χ3v) is 1.79. The van der Waals surface area contributed by atoms with E-state index < -0.39 is 0 Å². The van der Waals surface area contributed by atoms with Gasteiger partial charge in [-0.25, -0.2) is 0 Å². The van der Waals surface area contributed by atoms with Gasteiger partial charge in [-0.15, -0.1) is 0 Å². The predicted molar refractivity (Wildman–Crippen MR) is 52.2 cm³/mol. The van der Waals surface area contributed by atoms with E-state index in [9.17, 15) is 0 Å². The van der Waals surface area contributed by atoms with Crippen LogP contribution < -0.4 is 10.5 Å². The maximum atomic E-state index is 5.37. The van der Waals surface area contributed by atoms with Crippen LogP contribution in [0.3, 0.4) is 0 Å². The topological polar surface area (TPSA) is 61.3 Å². The molecule has 0 bridgehead atoms. The Kier molecular flexibility index (Phi) is 2.10. The minimum atomic E-state index is 0.164. The summed E-state index contributed by atoms with van der Waals surface area (Å²) in [6.07, 6.45) is 1.57. The molecule has 2 aromatic rings. The SMILES string of the molecule is Cc1ccccc1Oc1ncc(N)o1. The van der Waals surface area contributed by atoms with Gasteiger partial charge in [0.25, 0.3) is 0 Å². The largest absolute Gasteiger partial charge is 0.411 e. The van der Waals surface area contributed by atoms with Crippen molar-refractivity contribution in [2.45, 2.75) is 6.92 Å². The van der Waals surface area contributed by atoms with Gasteiger partial charge in [-0.1, -0.05) is 18.2 Å². The van der Waals surface area contributed by atoms with Gasteiger partial charge in [-0.05, 0) is 18.6 Å². The van der Waals surface area contributed by atoms with Gasteiger partial charge in [0.15, 0.2) is 0 Å². The lowest BCUT2D eigenvalue weighted by atomic mass is 10.2. The Bertz CT molecular complexity index is 437. The Morgan fingerprint density at radius 1 is 1.36 bits per heavy atom. The molecule has 2 rings (SSSR count). The van der Waals surface area contributed by atoms with E-state index in [1.54, 1.807) is 0 Å². The molecule has 0 spiro atoms. The van der Waals surface area contributed by atoms with Crippen LogP contribution in [0.2, 0.25) is 0 Å². The van der Waals surface area contributed by atoms with Crippen molar-refractivity contribution < 1.29 is 9.15 Å². The van der Waals surface area contributed by atoms with Crippen LogP contribution >= 0.6 is 0 Å². The summed E-state index contributed by atoms with van der Waals surface area (Å²) in [7, 11) is 0. The van der Waals surface area contributed by atoms with Crippen molar-refractivity contribution in [2.75, 3.05) is 5.73 Å². The Morgan fingerprint density at radius 3 is 2.79 bits per heavy atom. The second-order valence-electron chi connectivity index (χ2n) is 2.90. The maximum Gasteiger partial charge on any atom is 0.400 e. The van der Waals surface area contributed by atoms with E-state index in [0.717, 1.165) is 5.56 Å². The van der Waals surface area contributed by atoms with Crippen LogP contribution in [0, 0.1) is 6.92 Å². The number of nitrogens with two attached hydrogens (primary N) is 1. The number of para-hydroxylation sites is 1. The standard InChI is InChI=1S/C10H10N2O2/c1-7-4-2-3-5-8(7)13-10-12-6-9(11)14-10/h2-6H,11H2,1H3. The predicted octanol–water partition coefficient (Wildman–Crippen LogP) is 2.36. The summed E-state index contributed by atoms with van der Waals surface area (Å²) >= 11 is 0. The zero-order valence-electron chi connectivity index (χ0n) is 7.73. The van der Waals surface area contributed by atoms with Gasteiger partial charge in [0.1, 0.15) is 5.75 Å². The average molecular weight is 190 g/mol. The molecule has 0 unspecified atom stereocenters. The number of oxazole rings is 1. The van der Waals surface area contributed by atoms with Crippen molar-refractivity contribution in [2.24, 2.45) is 0 Å². The molecule has 2 N–H and O–H groups in total. The van der Waals surface area contributed by atoms with E-state index in [4.69, 9.17) is 14.9 Å². The van der Waals surface area contributed by atoms with E-state index >= 15 is 0 Å². The molecule has 0 aliphatic heterocycles. The van der Waals surface area contributed by atoms with Crippen LogP contribution in [0.5, 0.6) is 11.8 Å². The molecule has 0 saturated carbocycles. The van der Waals surface area contributed by atoms with Gasteiger partial charge in [-0.3, -0.25) is 0 Å². The van der Waals surface area contributed by atoms with Gasteiger partial charge in [0.2, 0.25) is 5.88 Å². The zero-order valence-corrected chi connectivity index (χ0v) is 7.73. The quantitative estimate of drug-likeness (QED) is 0.789. The number of anilines is 1. The van der Waals surface area contributed by atoms with Crippen LogP contribution in [-0.4, -0.2) is 4.98 Å². The van der Waals surface area contributed by atoms with E-state index in [0.29, 0.717) is 5.75 Å². The molecule has 0 fully saturated rings. The highest BCUT2D eigenvalue weighted by molar-refractivity contribution is 5.34. The number of nitrogen functional groups attached to an aromatic ring is 1. The lowest BCUT2D eigenvalue weighted by Gasteiger charge is -2.02. The molecule has 4 heteroatoms. The molecule has 72 valence electrons. The van der Waals surface area contributed by atoms with Crippen LogP contribution in [0.25, 0.3) is 0 Å². The first-order chi connectivity index (χ1) is 6.75. The van der Waals surface area contributed by atoms with Gasteiger partial charge in [0.05, 0.1) is 6.20 Å². The van der Waals surface area contributed by atoms with E-state index in [-0.39, 0.29) is 12.0 Å². The summed E-state index contributed by atoms with van der Waals surface area (Å²) in [6, 6.07) is 7.61. The highest BCUT2D eigenvalue weighted by Crippen LogP contribution is 2.24. The molecule has 1 heterocycles. The normalized spacial score (nSPS) is 10.1. The molecule has 0 saturated heterocycles. The number of ether oxygens (including phenoxy) is 1. The van der Waals surface area contributed by atoms with Crippen LogP contribution in [0.4, 0.5) is 5.88 Å². The summed E-state index contributed by atoms with van der Waals surface area (Å²) in [5, 5.41) is 0. The number of aryl methyl sites for hydroxylation is 1. The van der Waals surface area contributed by atoms with Crippen molar-refractivity contribution in [3.63, 3.8) is 0 Å². The highest BCUT2D eigenvalue weighted by atomic mass is 16.6. The van der Waals surface area contributed by atoms with Crippen molar-refractivity contribution in [3.8, 4) is 11.8 Å². The molecule has 1 aromatic carbocycles. The first kappa shape index (κ1) is 8.62. The number of benzene rings is 1. The molecule has 14 heavy (non-hydrogen) atoms. The lowest BCUT2D eigenvalue weighted by molar-refractivity contribution is 0.335. The number of rotatable bonds is 2. The molecule has 0 atom stereocenters. The minimum absolute atomic E-state index is 0.164. The van der Waals surface area contributed by atoms with Crippen molar-refractivity contribution in [1.82, 2.24) is 4.98 Å². The monoisotopic (exact) mass is 190 g/mol. The second kappa shape index (κ2) is 3.41. The highest BCUT2D eigenvalue weighted by Gasteiger charge is 2.05. The molecule has 0 amide bonds. The molecule has 0 aliphatic rings. The van der Waals surface area contributed by atoms with Gasteiger partial charge in [0, 0.05) is 0 Å². The van der Waals surface area contributed by atoms with Gasteiger partial charge >= 0.3 is 6.08 Å². The lowest BCUT2D eigenvalue weighted by Crippen LogP contribution is -1.86. The molecular weight excluding hydrogens is 180 g/mol. The minimum Gasteiger partial charge on any atom is -0.411 e. The third-order valence-electron chi connectivity index (χ3n) is 1.79. The van der Waals surface area contributed by atoms with Crippen LogP contribution in [0.15, 0.2) is 34.9 Å². The Balaban J connectivity index is 2.23. The summed E-state index contributed by atoms with van der Waals surface area (Å²) < 4.78 is 10.4. The zero-order chi connectivity index (χ0) is 9.97. The van der Waals surface area contributed by atoms with Crippen LogP contribution in [0.1, 0.15) is 5.56 Å². The first-order valence-electron chi connectivity index (χ1n) is 4.20. The van der Waals surface area contributed by atoms with Crippen LogP contribution in [-0.2, 0) is 0 Å². The maximum absolute atomic E-state index is 5.37. The van der Waals surface area contributed by atoms with Crippen molar-refractivity contribution >= 4 is 5.88 Å². The third kappa shape index (κ3) is 1.69. The molecule has 4 nitrogen and oxygen atoms in total. The Morgan fingerprint density at radius 2 is 2.14 bits per heavy atom. The fourth-order valence-electron chi connectivity index (χ4n) is 1.08. The second-order valence-corrected chi connectivity index (χ2v) is 2.90. The number of hydrogen-bond acceptors (Lipinski definition) is 4. The van der Waals surface area contributed by atoms with E-state index in [2.05, 4.69) is 4.98 Å². The fraction of sp³-hybridized carbons (Fsp3) is 0.100. The Hall–Kier alpha value is -1.97. The summed E-state index contributed by atoms with van der Waals surface area (Å²) in [5.74, 6) is 0.961. The van der Waals surface area contributed by atoms with E-state index in [1.807, 2.05) is 31.2 Å². The summed E-state index contributed by atoms with van der Waals surface area (Å²) in [4.78, 5) is 3.84. The summed E-state index contributed by atoms with van der Waals surface area (Å²) in [5.41, 5.74) is 6.38. The molecular formula is C10H10N2O2. The first-order valence-corrected chi connectivity index (χ1v) is 4.20. The van der Waals surface area contributed by atoms with Gasteiger partial charge < -0.3 is 14.9 Å². The van der Waals surface area contributed by atoms with Crippen molar-refractivity contribution in [3.05, 3.63) is 36.0 Å². The number of hydrogen-bond donors (Lipinski definition) is 1. The summed E-state index contributed by atoms with van der Waals surface area (Å²) in [6.45, 7) is 1.95. The molecule has 1 aromatic heterocycles. The Labute approximate surface area is 81.3 Å². The fourth-order valence-corrected chi connectivity index (χ4v) is 1.08. The van der Waals surface area contributed by atoms with E-state index in [1.165, 1.54) is 6.20 Å². The molecule has 0 radical (unpaired) electrons. The average Bonchev–Trinajstić information content (AvgIpc) is 2.56.